The van der Waals surface area contributed by atoms with Crippen LogP contribution in [-0.2, 0) is 17.5 Å². The summed E-state index contributed by atoms with van der Waals surface area (Å²) in [5.41, 5.74) is 2.26. The van der Waals surface area contributed by atoms with Gasteiger partial charge in [0.1, 0.15) is 10.7 Å². The summed E-state index contributed by atoms with van der Waals surface area (Å²) in [5.74, 6) is -0.101. The number of nitrogens with zero attached hydrogens (tertiary/aromatic N) is 4. The van der Waals surface area contributed by atoms with E-state index in [4.69, 9.17) is 16.3 Å². The first-order valence-electron chi connectivity index (χ1n) is 12.3. The normalized spacial score (nSPS) is 19.7. The second kappa shape index (κ2) is 11.9. The van der Waals surface area contributed by atoms with E-state index in [1.165, 1.54) is 6.20 Å². The lowest BCUT2D eigenvalue weighted by atomic mass is 10.0. The van der Waals surface area contributed by atoms with Crippen LogP contribution in [0.2, 0.25) is 5.02 Å². The van der Waals surface area contributed by atoms with Gasteiger partial charge < -0.3 is 9.46 Å². The van der Waals surface area contributed by atoms with Crippen molar-refractivity contribution >= 4 is 28.3 Å². The van der Waals surface area contributed by atoms with E-state index >= 15 is 4.39 Å². The fourth-order valence-corrected chi connectivity index (χ4v) is 5.59. The van der Waals surface area contributed by atoms with Crippen molar-refractivity contribution in [3.63, 3.8) is 0 Å². The maximum absolute atomic E-state index is 15.2. The Morgan fingerprint density at radius 1 is 1.16 bits per heavy atom. The average Bonchev–Trinajstić information content (AvgIpc) is 2.83. The molecule has 1 aromatic carbocycles. The van der Waals surface area contributed by atoms with Crippen LogP contribution in [0.5, 0.6) is 5.88 Å². The van der Waals surface area contributed by atoms with Crippen LogP contribution in [0, 0.1) is 5.82 Å². The molecule has 1 N–H and O–H groups in total. The van der Waals surface area contributed by atoms with E-state index in [1.807, 2.05) is 19.9 Å². The number of nitrogens with one attached hydrogen (secondary N) is 1. The first-order valence-corrected chi connectivity index (χ1v) is 13.8. The number of likely N-dealkylation sites (N-methyl/N-ethyl adjacent to an activating group) is 1. The molecule has 0 amide bonds. The topological polar surface area (TPSA) is 70.6 Å². The first-order chi connectivity index (χ1) is 17.6. The first kappa shape index (κ1) is 27.4. The molecular weight excluding hydrogens is 513 g/mol. The molecule has 198 valence electrons. The molecule has 7 nitrogen and oxygen atoms in total. The standard InChI is InChI=1S/C27H33ClFN5O2S/c1-17(2)36-27-26(11-21(28)13-31-27)37(35)32-22-8-9-30-25(12-22)23-7-6-20(10-24(23)29)16-34-14-18(3)33(5)19(4)15-34/h6-13,17-19H,14-16H2,1-5H3,(H,30,32). The van der Waals surface area contributed by atoms with Crippen molar-refractivity contribution in [3.05, 3.63) is 65.2 Å². The molecule has 0 aliphatic carbocycles. The van der Waals surface area contributed by atoms with E-state index in [0.29, 0.717) is 45.5 Å². The zero-order chi connectivity index (χ0) is 26.7. The Bertz CT molecular complexity index is 1270. The van der Waals surface area contributed by atoms with Crippen LogP contribution in [0.15, 0.2) is 53.7 Å². The van der Waals surface area contributed by atoms with Gasteiger partial charge >= 0.3 is 0 Å². The maximum atomic E-state index is 15.2. The van der Waals surface area contributed by atoms with Gasteiger partial charge in [0.15, 0.2) is 11.0 Å². The highest BCUT2D eigenvalue weighted by atomic mass is 35.5. The summed E-state index contributed by atoms with van der Waals surface area (Å²) in [4.78, 5) is 13.6. The van der Waals surface area contributed by atoms with Gasteiger partial charge in [0, 0.05) is 49.7 Å². The lowest BCUT2D eigenvalue weighted by molar-refractivity contribution is 0.0556. The highest BCUT2D eigenvalue weighted by Crippen LogP contribution is 2.28. The Morgan fingerprint density at radius 2 is 1.89 bits per heavy atom. The second-order valence-corrected chi connectivity index (χ2v) is 11.4. The second-order valence-electron chi connectivity index (χ2n) is 9.80. The van der Waals surface area contributed by atoms with Gasteiger partial charge in [-0.25, -0.2) is 13.6 Å². The predicted octanol–water partition coefficient (Wildman–Crippen LogP) is 5.38. The summed E-state index contributed by atoms with van der Waals surface area (Å²) >= 11 is 6.08. The van der Waals surface area contributed by atoms with Crippen molar-refractivity contribution < 1.29 is 13.3 Å². The molecule has 3 atom stereocenters. The Labute approximate surface area is 225 Å². The minimum absolute atomic E-state index is 0.147. The summed E-state index contributed by atoms with van der Waals surface area (Å²) in [6, 6.07) is 11.1. The van der Waals surface area contributed by atoms with E-state index in [1.54, 1.807) is 36.5 Å². The van der Waals surface area contributed by atoms with Crippen LogP contribution >= 0.6 is 11.6 Å². The van der Waals surface area contributed by atoms with E-state index in [9.17, 15) is 4.21 Å². The largest absolute Gasteiger partial charge is 0.474 e. The fourth-order valence-electron chi connectivity index (χ4n) is 4.42. The molecule has 0 saturated carbocycles. The highest BCUT2D eigenvalue weighted by molar-refractivity contribution is 7.86. The van der Waals surface area contributed by atoms with Crippen molar-refractivity contribution in [2.45, 2.75) is 57.3 Å². The molecule has 1 saturated heterocycles. The number of halogens is 2. The van der Waals surface area contributed by atoms with E-state index in [-0.39, 0.29) is 17.8 Å². The van der Waals surface area contributed by atoms with Crippen molar-refractivity contribution in [2.24, 2.45) is 0 Å². The van der Waals surface area contributed by atoms with Crippen LogP contribution in [0.3, 0.4) is 0 Å². The number of hydrogen-bond acceptors (Lipinski definition) is 6. The predicted molar refractivity (Wildman–Crippen MR) is 147 cm³/mol. The Hall–Kier alpha value is -2.59. The van der Waals surface area contributed by atoms with Gasteiger partial charge in [0.2, 0.25) is 5.88 Å². The SMILES string of the molecule is CC(C)Oc1ncc(Cl)cc1S(=O)Nc1ccnc(-c2ccc(CN3CC(C)N(C)C(C)C3)cc2F)c1. The molecule has 1 aliphatic rings. The monoisotopic (exact) mass is 545 g/mol. The number of benzene rings is 1. The van der Waals surface area contributed by atoms with Crippen molar-refractivity contribution in [1.82, 2.24) is 19.8 Å². The molecule has 3 heterocycles. The van der Waals surface area contributed by atoms with Crippen molar-refractivity contribution in [1.29, 1.82) is 0 Å². The quantitative estimate of drug-likeness (QED) is 0.410. The summed E-state index contributed by atoms with van der Waals surface area (Å²) in [6.45, 7) is 10.7. The molecule has 0 spiro atoms. The zero-order valence-corrected chi connectivity index (χ0v) is 23.3. The lowest BCUT2D eigenvalue weighted by Gasteiger charge is -2.42. The van der Waals surface area contributed by atoms with Crippen molar-refractivity contribution in [3.8, 4) is 17.1 Å². The van der Waals surface area contributed by atoms with Gasteiger partial charge in [-0.3, -0.25) is 14.8 Å². The van der Waals surface area contributed by atoms with E-state index in [2.05, 4.69) is 45.4 Å². The minimum atomic E-state index is -1.71. The van der Waals surface area contributed by atoms with Gasteiger partial charge in [0.05, 0.1) is 22.5 Å². The molecule has 3 unspecified atom stereocenters. The maximum Gasteiger partial charge on any atom is 0.232 e. The van der Waals surface area contributed by atoms with Gasteiger partial charge in [-0.05, 0) is 70.6 Å². The summed E-state index contributed by atoms with van der Waals surface area (Å²) in [5, 5.41) is 0.347. The minimum Gasteiger partial charge on any atom is -0.474 e. The molecule has 0 bridgehead atoms. The number of piperazine rings is 1. The smallest absolute Gasteiger partial charge is 0.232 e. The molecule has 0 radical (unpaired) electrons. The third-order valence-electron chi connectivity index (χ3n) is 6.45. The third-order valence-corrected chi connectivity index (χ3v) is 7.77. The summed E-state index contributed by atoms with van der Waals surface area (Å²) in [7, 11) is 0.438. The third kappa shape index (κ3) is 6.84. The number of anilines is 1. The molecule has 2 aromatic heterocycles. The molecule has 1 fully saturated rings. The number of hydrogen-bond donors (Lipinski definition) is 1. The highest BCUT2D eigenvalue weighted by Gasteiger charge is 2.26. The summed E-state index contributed by atoms with van der Waals surface area (Å²) in [6.07, 6.45) is 2.85. The van der Waals surface area contributed by atoms with Crippen molar-refractivity contribution in [2.75, 3.05) is 24.9 Å². The summed E-state index contributed by atoms with van der Waals surface area (Å²) < 4.78 is 36.9. The fraction of sp³-hybridized carbons (Fsp3) is 0.407. The van der Waals surface area contributed by atoms with Gasteiger partial charge in [-0.15, -0.1) is 0 Å². The molecule has 10 heteroatoms. The van der Waals surface area contributed by atoms with E-state index < -0.39 is 11.0 Å². The lowest BCUT2D eigenvalue weighted by Crippen LogP contribution is -2.54. The Kier molecular flexibility index (Phi) is 8.79. The van der Waals surface area contributed by atoms with Gasteiger partial charge in [0.25, 0.3) is 0 Å². The molecule has 3 aromatic rings. The number of ether oxygens (including phenoxy) is 1. The van der Waals surface area contributed by atoms with Crippen LogP contribution in [0.25, 0.3) is 11.3 Å². The van der Waals surface area contributed by atoms with Gasteiger partial charge in [-0.1, -0.05) is 17.7 Å². The van der Waals surface area contributed by atoms with Crippen LogP contribution < -0.4 is 9.46 Å². The molecule has 37 heavy (non-hydrogen) atoms. The van der Waals surface area contributed by atoms with E-state index in [0.717, 1.165) is 18.7 Å². The molecular formula is C27H33ClFN5O2S. The molecule has 4 rings (SSSR count). The Balaban J connectivity index is 1.49. The van der Waals surface area contributed by atoms with Crippen LogP contribution in [-0.4, -0.2) is 62.3 Å². The van der Waals surface area contributed by atoms with Gasteiger partial charge in [-0.2, -0.15) is 0 Å². The molecule has 1 aliphatic heterocycles. The van der Waals surface area contributed by atoms with Crippen LogP contribution in [0.4, 0.5) is 10.1 Å². The van der Waals surface area contributed by atoms with Crippen LogP contribution in [0.1, 0.15) is 33.3 Å². The number of aromatic nitrogens is 2. The average molecular weight is 546 g/mol. The number of pyridine rings is 2. The zero-order valence-electron chi connectivity index (χ0n) is 21.7. The Morgan fingerprint density at radius 3 is 2.57 bits per heavy atom. The number of rotatable bonds is 8.